The molecule has 2 rings (SSSR count). The van der Waals surface area contributed by atoms with Gasteiger partial charge in [0.15, 0.2) is 0 Å². The molecule has 0 bridgehead atoms. The molecule has 0 saturated heterocycles. The van der Waals surface area contributed by atoms with Crippen molar-refractivity contribution in [3.8, 4) is 0 Å². The summed E-state index contributed by atoms with van der Waals surface area (Å²) in [4.78, 5) is 19.4. The predicted molar refractivity (Wildman–Crippen MR) is 89.6 cm³/mol. The van der Waals surface area contributed by atoms with Crippen molar-refractivity contribution in [3.05, 3.63) is 33.8 Å². The minimum absolute atomic E-state index is 0.278. The average molecular weight is 349 g/mol. The SMILES string of the molecule is NC1CCCCC1.NCC(=O)O.O=Cc1ccc(Cl)c(Cl)c1. The van der Waals surface area contributed by atoms with E-state index in [2.05, 4.69) is 5.73 Å². The zero-order chi connectivity index (χ0) is 17.0. The molecule has 1 fully saturated rings. The van der Waals surface area contributed by atoms with Crippen LogP contribution in [0.2, 0.25) is 10.0 Å². The number of carboxylic acids is 1. The molecule has 5 N–H and O–H groups in total. The van der Waals surface area contributed by atoms with E-state index < -0.39 is 5.97 Å². The third-order valence-corrected chi connectivity index (χ3v) is 3.64. The zero-order valence-electron chi connectivity index (χ0n) is 12.3. The van der Waals surface area contributed by atoms with Gasteiger partial charge in [-0.25, -0.2) is 0 Å². The maximum atomic E-state index is 10.2. The zero-order valence-corrected chi connectivity index (χ0v) is 13.8. The molecule has 1 aromatic rings. The molecular formula is C15H22Cl2N2O3. The van der Waals surface area contributed by atoms with E-state index in [0.29, 0.717) is 21.7 Å². The lowest BCUT2D eigenvalue weighted by Gasteiger charge is -2.15. The first kappa shape index (κ1) is 20.9. The first-order chi connectivity index (χ1) is 10.4. The summed E-state index contributed by atoms with van der Waals surface area (Å²) in [5.41, 5.74) is 10.7. The lowest BCUT2D eigenvalue weighted by atomic mass is 9.97. The summed E-state index contributed by atoms with van der Waals surface area (Å²) >= 11 is 11.2. The number of nitrogens with two attached hydrogens (primary N) is 2. The molecule has 124 valence electrons. The second-order valence-corrected chi connectivity index (χ2v) is 5.60. The van der Waals surface area contributed by atoms with Gasteiger partial charge < -0.3 is 16.6 Å². The van der Waals surface area contributed by atoms with Gasteiger partial charge in [0.2, 0.25) is 0 Å². The van der Waals surface area contributed by atoms with Gasteiger partial charge in [-0.15, -0.1) is 0 Å². The number of carbonyl (C=O) groups excluding carboxylic acids is 1. The minimum atomic E-state index is -0.968. The van der Waals surface area contributed by atoms with Crippen molar-refractivity contribution < 1.29 is 14.7 Å². The summed E-state index contributed by atoms with van der Waals surface area (Å²) in [6.45, 7) is -0.278. The highest BCUT2D eigenvalue weighted by Gasteiger charge is 2.06. The number of halogens is 2. The Morgan fingerprint density at radius 1 is 1.23 bits per heavy atom. The quantitative estimate of drug-likeness (QED) is 0.711. The minimum Gasteiger partial charge on any atom is -0.480 e. The second-order valence-electron chi connectivity index (χ2n) is 4.79. The Kier molecular flexibility index (Phi) is 11.8. The predicted octanol–water partition coefficient (Wildman–Crippen LogP) is 3.11. The van der Waals surface area contributed by atoms with Crippen molar-refractivity contribution in [3.63, 3.8) is 0 Å². The average Bonchev–Trinajstić information content (AvgIpc) is 2.52. The number of benzene rings is 1. The Bertz CT molecular complexity index is 464. The lowest BCUT2D eigenvalue weighted by Crippen LogP contribution is -2.22. The topological polar surface area (TPSA) is 106 Å². The van der Waals surface area contributed by atoms with E-state index in [1.165, 1.54) is 38.2 Å². The highest BCUT2D eigenvalue weighted by molar-refractivity contribution is 6.42. The van der Waals surface area contributed by atoms with Crippen molar-refractivity contribution in [1.82, 2.24) is 0 Å². The van der Waals surface area contributed by atoms with E-state index in [1.807, 2.05) is 0 Å². The van der Waals surface area contributed by atoms with Crippen LogP contribution in [0.1, 0.15) is 42.5 Å². The van der Waals surface area contributed by atoms with Crippen molar-refractivity contribution in [1.29, 1.82) is 0 Å². The molecule has 1 saturated carbocycles. The van der Waals surface area contributed by atoms with Crippen LogP contribution in [0.4, 0.5) is 0 Å². The summed E-state index contributed by atoms with van der Waals surface area (Å²) in [5, 5.41) is 8.47. The summed E-state index contributed by atoms with van der Waals surface area (Å²) in [6, 6.07) is 5.26. The van der Waals surface area contributed by atoms with E-state index in [-0.39, 0.29) is 6.54 Å². The number of aldehydes is 1. The molecule has 5 nitrogen and oxygen atoms in total. The Hall–Kier alpha value is -1.14. The van der Waals surface area contributed by atoms with Gasteiger partial charge in [-0.1, -0.05) is 48.5 Å². The van der Waals surface area contributed by atoms with Crippen molar-refractivity contribution in [2.45, 2.75) is 38.1 Å². The van der Waals surface area contributed by atoms with Crippen molar-refractivity contribution in [2.24, 2.45) is 11.5 Å². The van der Waals surface area contributed by atoms with Gasteiger partial charge in [0.1, 0.15) is 6.29 Å². The van der Waals surface area contributed by atoms with Gasteiger partial charge in [0, 0.05) is 11.6 Å². The van der Waals surface area contributed by atoms with E-state index in [1.54, 1.807) is 12.1 Å². The Morgan fingerprint density at radius 2 is 1.77 bits per heavy atom. The molecule has 0 atom stereocenters. The van der Waals surface area contributed by atoms with Gasteiger partial charge in [0.25, 0.3) is 0 Å². The van der Waals surface area contributed by atoms with Crippen LogP contribution in [0.25, 0.3) is 0 Å². The summed E-state index contributed by atoms with van der Waals surface area (Å²) in [5.74, 6) is -0.968. The van der Waals surface area contributed by atoms with Crippen LogP contribution in [0.15, 0.2) is 18.2 Å². The van der Waals surface area contributed by atoms with Crippen molar-refractivity contribution >= 4 is 35.5 Å². The molecule has 1 aliphatic rings. The molecule has 0 unspecified atom stereocenters. The number of rotatable bonds is 2. The standard InChI is InChI=1S/C7H4Cl2O.C6H13N.C2H5NO2/c8-6-2-1-5(4-10)3-7(6)9;7-6-4-2-1-3-5-6;3-1-2(4)5/h1-4H;6H,1-5,7H2;1,3H2,(H,4,5). The number of hydrogen-bond acceptors (Lipinski definition) is 4. The fraction of sp³-hybridized carbons (Fsp3) is 0.467. The van der Waals surface area contributed by atoms with Gasteiger partial charge in [-0.2, -0.15) is 0 Å². The lowest BCUT2D eigenvalue weighted by molar-refractivity contribution is -0.135. The first-order valence-corrected chi connectivity index (χ1v) is 7.74. The Morgan fingerprint density at radius 3 is 2.09 bits per heavy atom. The van der Waals surface area contributed by atoms with E-state index >= 15 is 0 Å². The highest BCUT2D eigenvalue weighted by Crippen LogP contribution is 2.21. The van der Waals surface area contributed by atoms with Crippen LogP contribution in [0.5, 0.6) is 0 Å². The molecule has 7 heteroatoms. The van der Waals surface area contributed by atoms with Crippen LogP contribution >= 0.6 is 23.2 Å². The van der Waals surface area contributed by atoms with Gasteiger partial charge >= 0.3 is 5.97 Å². The number of hydrogen-bond donors (Lipinski definition) is 3. The normalized spacial score (nSPS) is 14.0. The molecule has 1 aliphatic carbocycles. The summed E-state index contributed by atoms with van der Waals surface area (Å²) in [7, 11) is 0. The molecule has 1 aromatic carbocycles. The number of carboxylic acid groups (broad SMARTS) is 1. The third-order valence-electron chi connectivity index (χ3n) is 2.90. The smallest absolute Gasteiger partial charge is 0.317 e. The second kappa shape index (κ2) is 12.4. The van der Waals surface area contributed by atoms with Crippen LogP contribution in [0.3, 0.4) is 0 Å². The van der Waals surface area contributed by atoms with Crippen LogP contribution < -0.4 is 11.5 Å². The molecule has 0 radical (unpaired) electrons. The van der Waals surface area contributed by atoms with Gasteiger partial charge in [0.05, 0.1) is 16.6 Å². The molecule has 0 spiro atoms. The van der Waals surface area contributed by atoms with E-state index in [4.69, 9.17) is 34.0 Å². The number of carbonyl (C=O) groups is 2. The molecule has 0 heterocycles. The molecule has 0 aromatic heterocycles. The monoisotopic (exact) mass is 348 g/mol. The highest BCUT2D eigenvalue weighted by atomic mass is 35.5. The van der Waals surface area contributed by atoms with E-state index in [0.717, 1.165) is 6.29 Å². The molecule has 0 aliphatic heterocycles. The van der Waals surface area contributed by atoms with E-state index in [9.17, 15) is 9.59 Å². The van der Waals surface area contributed by atoms with Crippen LogP contribution in [-0.4, -0.2) is 29.9 Å². The van der Waals surface area contributed by atoms with Crippen molar-refractivity contribution in [2.75, 3.05) is 6.54 Å². The maximum absolute atomic E-state index is 10.2. The third kappa shape index (κ3) is 10.6. The van der Waals surface area contributed by atoms with Gasteiger partial charge in [-0.3, -0.25) is 9.59 Å². The maximum Gasteiger partial charge on any atom is 0.317 e. The Labute approximate surface area is 140 Å². The molecular weight excluding hydrogens is 327 g/mol. The number of aliphatic carboxylic acids is 1. The summed E-state index contributed by atoms with van der Waals surface area (Å²) in [6.07, 6.45) is 7.39. The largest absolute Gasteiger partial charge is 0.480 e. The first-order valence-electron chi connectivity index (χ1n) is 6.98. The van der Waals surface area contributed by atoms with Gasteiger partial charge in [-0.05, 0) is 25.0 Å². The summed E-state index contributed by atoms with van der Waals surface area (Å²) < 4.78 is 0. The molecule has 22 heavy (non-hydrogen) atoms. The Balaban J connectivity index is 0.000000322. The van der Waals surface area contributed by atoms with Crippen LogP contribution in [0, 0.1) is 0 Å². The molecule has 0 amide bonds. The fourth-order valence-electron chi connectivity index (χ4n) is 1.72. The van der Waals surface area contributed by atoms with Crippen LogP contribution in [-0.2, 0) is 4.79 Å². The fourth-order valence-corrected chi connectivity index (χ4v) is 2.03.